The highest BCUT2D eigenvalue weighted by Gasteiger charge is 2.14. The summed E-state index contributed by atoms with van der Waals surface area (Å²) in [6.45, 7) is 5.80. The second-order valence-electron chi connectivity index (χ2n) is 4.79. The molecule has 0 spiro atoms. The molecule has 0 bridgehead atoms. The Bertz CT molecular complexity index is 617. The van der Waals surface area contributed by atoms with Gasteiger partial charge in [-0.25, -0.2) is 0 Å². The van der Waals surface area contributed by atoms with Gasteiger partial charge < -0.3 is 10.4 Å². The predicted molar refractivity (Wildman–Crippen MR) is 83.5 cm³/mol. The quantitative estimate of drug-likeness (QED) is 0.896. The molecule has 0 radical (unpaired) electrons. The monoisotopic (exact) mass is 289 g/mol. The molecule has 2 aromatic rings. The van der Waals surface area contributed by atoms with Gasteiger partial charge >= 0.3 is 0 Å². The summed E-state index contributed by atoms with van der Waals surface area (Å²) in [6.07, 6.45) is 0.330. The molecule has 106 valence electrons. The number of thiophene rings is 1. The van der Waals surface area contributed by atoms with E-state index in [0.29, 0.717) is 10.6 Å². The molecular weight excluding hydrogens is 270 g/mol. The van der Waals surface area contributed by atoms with Crippen molar-refractivity contribution >= 4 is 22.9 Å². The lowest BCUT2D eigenvalue weighted by Crippen LogP contribution is -2.12. The van der Waals surface area contributed by atoms with Crippen molar-refractivity contribution in [2.24, 2.45) is 0 Å². The second-order valence-corrected chi connectivity index (χ2v) is 5.92. The molecule has 20 heavy (non-hydrogen) atoms. The van der Waals surface area contributed by atoms with Crippen molar-refractivity contribution in [3.8, 4) is 0 Å². The van der Waals surface area contributed by atoms with Crippen LogP contribution in [-0.2, 0) is 6.42 Å². The fourth-order valence-electron chi connectivity index (χ4n) is 2.14. The second kappa shape index (κ2) is 6.20. The van der Waals surface area contributed by atoms with Crippen LogP contribution in [0.25, 0.3) is 0 Å². The number of anilines is 1. The van der Waals surface area contributed by atoms with E-state index in [1.807, 2.05) is 31.2 Å². The minimum Gasteiger partial charge on any atom is -0.389 e. The highest BCUT2D eigenvalue weighted by atomic mass is 32.1. The highest BCUT2D eigenvalue weighted by molar-refractivity contribution is 7.14. The minimum absolute atomic E-state index is 0.120. The molecule has 1 aromatic carbocycles. The van der Waals surface area contributed by atoms with Crippen LogP contribution in [0.4, 0.5) is 5.69 Å². The number of hydrogen-bond acceptors (Lipinski definition) is 3. The molecule has 1 atom stereocenters. The van der Waals surface area contributed by atoms with Crippen molar-refractivity contribution in [2.45, 2.75) is 33.3 Å². The standard InChI is InChI=1S/C16H19NO2S/c1-4-14-10(2)9-15(20-14)16(19)17-13-8-6-5-7-12(13)11(3)18/h5-9,11,18H,4H2,1-3H3,(H,17,19). The summed E-state index contributed by atoms with van der Waals surface area (Å²) < 4.78 is 0. The Morgan fingerprint density at radius 2 is 2.10 bits per heavy atom. The molecule has 0 aliphatic rings. The zero-order valence-electron chi connectivity index (χ0n) is 11.9. The van der Waals surface area contributed by atoms with E-state index < -0.39 is 6.10 Å². The van der Waals surface area contributed by atoms with Gasteiger partial charge in [0.2, 0.25) is 0 Å². The molecular formula is C16H19NO2S. The van der Waals surface area contributed by atoms with E-state index in [1.165, 1.54) is 16.2 Å². The maximum absolute atomic E-state index is 12.3. The van der Waals surface area contributed by atoms with Gasteiger partial charge in [0.05, 0.1) is 11.0 Å². The molecule has 1 amide bonds. The van der Waals surface area contributed by atoms with Crippen molar-refractivity contribution in [3.63, 3.8) is 0 Å². The number of hydrogen-bond donors (Lipinski definition) is 2. The fraction of sp³-hybridized carbons (Fsp3) is 0.312. The van der Waals surface area contributed by atoms with Crippen molar-refractivity contribution in [1.29, 1.82) is 0 Å². The van der Waals surface area contributed by atoms with Crippen molar-refractivity contribution in [3.05, 3.63) is 51.2 Å². The third-order valence-electron chi connectivity index (χ3n) is 3.22. The molecule has 1 heterocycles. The number of carbonyl (C=O) groups is 1. The zero-order valence-corrected chi connectivity index (χ0v) is 12.8. The van der Waals surface area contributed by atoms with E-state index >= 15 is 0 Å². The van der Waals surface area contributed by atoms with E-state index in [9.17, 15) is 9.90 Å². The summed E-state index contributed by atoms with van der Waals surface area (Å²) >= 11 is 1.53. The third-order valence-corrected chi connectivity index (χ3v) is 4.60. The highest BCUT2D eigenvalue weighted by Crippen LogP contribution is 2.26. The van der Waals surface area contributed by atoms with Crippen LogP contribution in [-0.4, -0.2) is 11.0 Å². The molecule has 1 unspecified atom stereocenters. The number of carbonyl (C=O) groups excluding carboxylic acids is 1. The molecule has 1 aromatic heterocycles. The molecule has 2 N–H and O–H groups in total. The van der Waals surface area contributed by atoms with Crippen LogP contribution in [0.15, 0.2) is 30.3 Å². The smallest absolute Gasteiger partial charge is 0.265 e. The van der Waals surface area contributed by atoms with Crippen LogP contribution in [0.1, 0.15) is 45.6 Å². The summed E-state index contributed by atoms with van der Waals surface area (Å²) in [5.74, 6) is -0.120. The molecule has 0 aliphatic heterocycles. The summed E-state index contributed by atoms with van der Waals surface area (Å²) in [6, 6.07) is 9.24. The first-order valence-electron chi connectivity index (χ1n) is 6.70. The lowest BCUT2D eigenvalue weighted by atomic mass is 10.1. The number of rotatable bonds is 4. The SMILES string of the molecule is CCc1sc(C(=O)Nc2ccccc2C(C)O)cc1C. The van der Waals surface area contributed by atoms with Crippen LogP contribution >= 0.6 is 11.3 Å². The van der Waals surface area contributed by atoms with Gasteiger partial charge in [0.15, 0.2) is 0 Å². The Kier molecular flexibility index (Phi) is 4.57. The maximum Gasteiger partial charge on any atom is 0.265 e. The van der Waals surface area contributed by atoms with E-state index in [0.717, 1.165) is 17.5 Å². The average Bonchev–Trinajstić information content (AvgIpc) is 2.80. The number of nitrogens with one attached hydrogen (secondary N) is 1. The van der Waals surface area contributed by atoms with Gasteiger partial charge in [-0.15, -0.1) is 11.3 Å². The van der Waals surface area contributed by atoms with E-state index in [2.05, 4.69) is 12.2 Å². The van der Waals surface area contributed by atoms with Gasteiger partial charge in [-0.1, -0.05) is 25.1 Å². The summed E-state index contributed by atoms with van der Waals surface area (Å²) in [4.78, 5) is 14.2. The van der Waals surface area contributed by atoms with Crippen LogP contribution in [0.5, 0.6) is 0 Å². The topological polar surface area (TPSA) is 49.3 Å². The Morgan fingerprint density at radius 3 is 2.70 bits per heavy atom. The minimum atomic E-state index is -0.609. The maximum atomic E-state index is 12.3. The van der Waals surface area contributed by atoms with Gasteiger partial charge in [-0.2, -0.15) is 0 Å². The normalized spacial score (nSPS) is 12.2. The third kappa shape index (κ3) is 3.08. The number of aliphatic hydroxyl groups is 1. The van der Waals surface area contributed by atoms with Gasteiger partial charge in [-0.05, 0) is 38.0 Å². The van der Waals surface area contributed by atoms with Crippen LogP contribution < -0.4 is 5.32 Å². The van der Waals surface area contributed by atoms with Crippen LogP contribution in [0.3, 0.4) is 0 Å². The average molecular weight is 289 g/mol. The fourth-order valence-corrected chi connectivity index (χ4v) is 3.15. The molecule has 0 saturated heterocycles. The molecule has 4 heteroatoms. The molecule has 0 aliphatic carbocycles. The Balaban J connectivity index is 2.23. The molecule has 3 nitrogen and oxygen atoms in total. The van der Waals surface area contributed by atoms with Gasteiger partial charge in [-0.3, -0.25) is 4.79 Å². The van der Waals surface area contributed by atoms with E-state index in [-0.39, 0.29) is 5.91 Å². The summed E-state index contributed by atoms with van der Waals surface area (Å²) in [7, 11) is 0. The number of para-hydroxylation sites is 1. The number of aliphatic hydroxyl groups excluding tert-OH is 1. The van der Waals surface area contributed by atoms with Gasteiger partial charge in [0, 0.05) is 16.1 Å². The Labute approximate surface area is 123 Å². The number of aryl methyl sites for hydroxylation is 2. The largest absolute Gasteiger partial charge is 0.389 e. The Hall–Kier alpha value is -1.65. The van der Waals surface area contributed by atoms with Crippen molar-refractivity contribution < 1.29 is 9.90 Å². The van der Waals surface area contributed by atoms with Crippen LogP contribution in [0, 0.1) is 6.92 Å². The predicted octanol–water partition coefficient (Wildman–Crippen LogP) is 3.92. The summed E-state index contributed by atoms with van der Waals surface area (Å²) in [5, 5.41) is 12.6. The lowest BCUT2D eigenvalue weighted by Gasteiger charge is -2.12. The number of benzene rings is 1. The van der Waals surface area contributed by atoms with Gasteiger partial charge in [0.1, 0.15) is 0 Å². The zero-order chi connectivity index (χ0) is 14.7. The summed E-state index contributed by atoms with van der Waals surface area (Å²) in [5.41, 5.74) is 2.55. The van der Waals surface area contributed by atoms with E-state index in [4.69, 9.17) is 0 Å². The first kappa shape index (κ1) is 14.8. The lowest BCUT2D eigenvalue weighted by molar-refractivity contribution is 0.103. The number of amides is 1. The van der Waals surface area contributed by atoms with Crippen molar-refractivity contribution in [2.75, 3.05) is 5.32 Å². The van der Waals surface area contributed by atoms with Gasteiger partial charge in [0.25, 0.3) is 5.91 Å². The van der Waals surface area contributed by atoms with E-state index in [1.54, 1.807) is 13.0 Å². The van der Waals surface area contributed by atoms with Crippen LogP contribution in [0.2, 0.25) is 0 Å². The molecule has 2 rings (SSSR count). The van der Waals surface area contributed by atoms with Crippen molar-refractivity contribution in [1.82, 2.24) is 0 Å². The first-order valence-corrected chi connectivity index (χ1v) is 7.52. The Morgan fingerprint density at radius 1 is 1.40 bits per heavy atom. The molecule has 0 saturated carbocycles. The molecule has 0 fully saturated rings. The first-order chi connectivity index (χ1) is 9.52.